The minimum atomic E-state index is -2.04. The predicted octanol–water partition coefficient (Wildman–Crippen LogP) is 1.16. The van der Waals surface area contributed by atoms with Crippen molar-refractivity contribution in [3.8, 4) is 0 Å². The van der Waals surface area contributed by atoms with Gasteiger partial charge < -0.3 is 15.6 Å². The van der Waals surface area contributed by atoms with Gasteiger partial charge in [-0.2, -0.15) is 0 Å². The Kier molecular flexibility index (Phi) is 3.77. The maximum atomic E-state index is 11.8. The highest BCUT2D eigenvalue weighted by Gasteiger charge is 2.54. The number of aliphatic carboxylic acids is 1. The van der Waals surface area contributed by atoms with Crippen molar-refractivity contribution in [3.63, 3.8) is 0 Å². The van der Waals surface area contributed by atoms with Crippen molar-refractivity contribution < 1.29 is 19.4 Å². The molecular formula is C11H21NO4. The van der Waals surface area contributed by atoms with Crippen LogP contribution in [0.1, 0.15) is 41.5 Å². The van der Waals surface area contributed by atoms with Gasteiger partial charge in [-0.25, -0.2) is 9.59 Å². The molecule has 0 aromatic heterocycles. The fourth-order valence-corrected chi connectivity index (χ4v) is 1.07. The molecule has 0 saturated heterocycles. The highest BCUT2D eigenvalue weighted by atomic mass is 16.6. The van der Waals surface area contributed by atoms with Gasteiger partial charge in [-0.05, 0) is 20.8 Å². The molecule has 0 unspecified atom stereocenters. The number of hydrogen-bond acceptors (Lipinski definition) is 4. The number of carboxylic acids is 1. The number of rotatable bonds is 2. The second kappa shape index (κ2) is 4.05. The van der Waals surface area contributed by atoms with Crippen LogP contribution in [-0.2, 0) is 14.3 Å². The number of esters is 1. The molecule has 0 heterocycles. The largest absolute Gasteiger partial charge is 0.479 e. The molecule has 0 aliphatic carbocycles. The Morgan fingerprint density at radius 1 is 1.06 bits per heavy atom. The molecule has 0 spiro atoms. The lowest BCUT2D eigenvalue weighted by atomic mass is 9.74. The van der Waals surface area contributed by atoms with E-state index < -0.39 is 28.5 Å². The molecule has 0 radical (unpaired) electrons. The molecule has 16 heavy (non-hydrogen) atoms. The van der Waals surface area contributed by atoms with Crippen LogP contribution in [0.3, 0.4) is 0 Å². The highest BCUT2D eigenvalue weighted by molar-refractivity contribution is 6.04. The third-order valence-corrected chi connectivity index (χ3v) is 2.24. The Morgan fingerprint density at radius 2 is 1.44 bits per heavy atom. The van der Waals surface area contributed by atoms with Crippen LogP contribution in [0, 0.1) is 5.41 Å². The Hall–Kier alpha value is -1.10. The van der Waals surface area contributed by atoms with E-state index in [2.05, 4.69) is 0 Å². The Balaban J connectivity index is 5.26. The molecule has 0 saturated carbocycles. The quantitative estimate of drug-likeness (QED) is 0.549. The van der Waals surface area contributed by atoms with Gasteiger partial charge in [-0.3, -0.25) is 0 Å². The van der Waals surface area contributed by atoms with E-state index in [4.69, 9.17) is 15.6 Å². The molecule has 0 aliphatic rings. The molecule has 0 bridgehead atoms. The number of carbonyl (C=O) groups is 2. The summed E-state index contributed by atoms with van der Waals surface area (Å²) in [6.07, 6.45) is 0. The molecule has 3 N–H and O–H groups in total. The molecular weight excluding hydrogens is 210 g/mol. The van der Waals surface area contributed by atoms with Gasteiger partial charge in [-0.15, -0.1) is 0 Å². The van der Waals surface area contributed by atoms with E-state index in [1.54, 1.807) is 41.5 Å². The summed E-state index contributed by atoms with van der Waals surface area (Å²) in [5.74, 6) is -2.30. The molecule has 0 aromatic carbocycles. The van der Waals surface area contributed by atoms with E-state index in [-0.39, 0.29) is 0 Å². The lowest BCUT2D eigenvalue weighted by Crippen LogP contribution is -2.64. The number of nitrogens with two attached hydrogens (primary N) is 1. The standard InChI is InChI=1S/C11H21NO4/c1-9(2,3)11(12,7(13)14)8(15)16-10(4,5)6/h12H2,1-6H3,(H,13,14)/t11-/m0/s1. The van der Waals surface area contributed by atoms with Crippen LogP contribution in [0.5, 0.6) is 0 Å². The molecule has 0 amide bonds. The van der Waals surface area contributed by atoms with Gasteiger partial charge in [0, 0.05) is 5.41 Å². The third kappa shape index (κ3) is 2.95. The van der Waals surface area contributed by atoms with Crippen LogP contribution < -0.4 is 5.73 Å². The number of hydrogen-bond donors (Lipinski definition) is 2. The fraction of sp³-hybridized carbons (Fsp3) is 0.818. The molecule has 1 atom stereocenters. The van der Waals surface area contributed by atoms with Crippen molar-refractivity contribution in [3.05, 3.63) is 0 Å². The third-order valence-electron chi connectivity index (χ3n) is 2.24. The fourth-order valence-electron chi connectivity index (χ4n) is 1.07. The lowest BCUT2D eigenvalue weighted by Gasteiger charge is -2.37. The van der Waals surface area contributed by atoms with E-state index in [1.165, 1.54) is 0 Å². The van der Waals surface area contributed by atoms with E-state index in [9.17, 15) is 9.59 Å². The molecule has 5 nitrogen and oxygen atoms in total. The number of carbonyl (C=O) groups excluding carboxylic acids is 1. The normalized spacial score (nSPS) is 16.4. The second-order valence-electron chi connectivity index (χ2n) is 5.87. The molecule has 0 aromatic rings. The van der Waals surface area contributed by atoms with Crippen LogP contribution in [0.25, 0.3) is 0 Å². The first-order chi connectivity index (χ1) is 6.82. The first-order valence-electron chi connectivity index (χ1n) is 5.08. The van der Waals surface area contributed by atoms with Crippen LogP contribution in [-0.4, -0.2) is 28.2 Å². The lowest BCUT2D eigenvalue weighted by molar-refractivity contribution is -0.174. The first-order valence-corrected chi connectivity index (χ1v) is 5.08. The Bertz CT molecular complexity index is 298. The van der Waals surface area contributed by atoms with Crippen molar-refractivity contribution in [2.75, 3.05) is 0 Å². The number of ether oxygens (including phenoxy) is 1. The minimum absolute atomic E-state index is 0.762. The van der Waals surface area contributed by atoms with E-state index in [0.29, 0.717) is 0 Å². The maximum absolute atomic E-state index is 11.8. The van der Waals surface area contributed by atoms with Crippen molar-refractivity contribution in [2.24, 2.45) is 11.1 Å². The van der Waals surface area contributed by atoms with Gasteiger partial charge in [0.05, 0.1) is 0 Å². The smallest absolute Gasteiger partial charge is 0.338 e. The van der Waals surface area contributed by atoms with Crippen molar-refractivity contribution in [1.29, 1.82) is 0 Å². The summed E-state index contributed by atoms with van der Waals surface area (Å²) in [6, 6.07) is 0. The predicted molar refractivity (Wildman–Crippen MR) is 59.9 cm³/mol. The van der Waals surface area contributed by atoms with Crippen molar-refractivity contribution >= 4 is 11.9 Å². The molecule has 0 fully saturated rings. The molecule has 5 heteroatoms. The van der Waals surface area contributed by atoms with Crippen molar-refractivity contribution in [1.82, 2.24) is 0 Å². The number of carboxylic acid groups (broad SMARTS) is 1. The Morgan fingerprint density at radius 3 is 1.62 bits per heavy atom. The summed E-state index contributed by atoms with van der Waals surface area (Å²) in [6.45, 7) is 9.75. The maximum Gasteiger partial charge on any atom is 0.338 e. The monoisotopic (exact) mass is 231 g/mol. The van der Waals surface area contributed by atoms with Gasteiger partial charge in [-0.1, -0.05) is 20.8 Å². The average molecular weight is 231 g/mol. The summed E-state index contributed by atoms with van der Waals surface area (Å²) in [7, 11) is 0. The molecule has 0 rings (SSSR count). The van der Waals surface area contributed by atoms with E-state index in [0.717, 1.165) is 0 Å². The summed E-state index contributed by atoms with van der Waals surface area (Å²) in [5, 5.41) is 9.11. The van der Waals surface area contributed by atoms with Gasteiger partial charge >= 0.3 is 11.9 Å². The zero-order valence-electron chi connectivity index (χ0n) is 10.7. The van der Waals surface area contributed by atoms with Crippen LogP contribution >= 0.6 is 0 Å². The molecule has 0 aliphatic heterocycles. The minimum Gasteiger partial charge on any atom is -0.479 e. The van der Waals surface area contributed by atoms with Gasteiger partial charge in [0.25, 0.3) is 0 Å². The topological polar surface area (TPSA) is 89.6 Å². The van der Waals surface area contributed by atoms with E-state index >= 15 is 0 Å². The Labute approximate surface area is 96.0 Å². The molecule has 94 valence electrons. The zero-order valence-corrected chi connectivity index (χ0v) is 10.7. The zero-order chi connectivity index (χ0) is 13.4. The van der Waals surface area contributed by atoms with Crippen LogP contribution in [0.4, 0.5) is 0 Å². The van der Waals surface area contributed by atoms with Gasteiger partial charge in [0.1, 0.15) is 5.60 Å². The summed E-state index contributed by atoms with van der Waals surface area (Å²) >= 11 is 0. The first kappa shape index (κ1) is 14.9. The second-order valence-corrected chi connectivity index (χ2v) is 5.87. The highest BCUT2D eigenvalue weighted by Crippen LogP contribution is 2.31. The summed E-state index contributed by atoms with van der Waals surface area (Å²) < 4.78 is 5.05. The summed E-state index contributed by atoms with van der Waals surface area (Å²) in [5.41, 5.74) is 1.96. The average Bonchev–Trinajstić information content (AvgIpc) is 1.96. The van der Waals surface area contributed by atoms with Crippen LogP contribution in [0.2, 0.25) is 0 Å². The van der Waals surface area contributed by atoms with Crippen LogP contribution in [0.15, 0.2) is 0 Å². The summed E-state index contributed by atoms with van der Waals surface area (Å²) in [4.78, 5) is 23.0. The SMILES string of the molecule is CC(C)(C)OC(=O)[C@@](N)(C(=O)O)C(C)(C)C. The van der Waals surface area contributed by atoms with Gasteiger partial charge in [0.2, 0.25) is 5.54 Å². The van der Waals surface area contributed by atoms with Crippen molar-refractivity contribution in [2.45, 2.75) is 52.7 Å². The van der Waals surface area contributed by atoms with E-state index in [1.807, 2.05) is 0 Å². The van der Waals surface area contributed by atoms with Gasteiger partial charge in [0.15, 0.2) is 0 Å².